The van der Waals surface area contributed by atoms with Crippen LogP contribution in [-0.4, -0.2) is 18.5 Å². The predicted octanol–water partition coefficient (Wildman–Crippen LogP) is 1.00. The maximum Gasteiger partial charge on any atom is 0.224 e. The second-order valence-corrected chi connectivity index (χ2v) is 3.88. The highest BCUT2D eigenvalue weighted by Crippen LogP contribution is 2.07. The van der Waals surface area contributed by atoms with Crippen LogP contribution in [0.2, 0.25) is 0 Å². The van der Waals surface area contributed by atoms with Crippen LogP contribution in [0, 0.1) is 6.92 Å². The third kappa shape index (κ3) is 4.13. The van der Waals surface area contributed by atoms with E-state index >= 15 is 0 Å². The Morgan fingerprint density at radius 3 is 2.73 bits per heavy atom. The number of amides is 1. The van der Waals surface area contributed by atoms with Gasteiger partial charge in [-0.2, -0.15) is 0 Å². The molecule has 1 unspecified atom stereocenters. The van der Waals surface area contributed by atoms with Gasteiger partial charge in [-0.15, -0.1) is 0 Å². The van der Waals surface area contributed by atoms with Gasteiger partial charge in [0.25, 0.3) is 0 Å². The van der Waals surface area contributed by atoms with Crippen molar-refractivity contribution < 1.29 is 4.79 Å². The van der Waals surface area contributed by atoms with Gasteiger partial charge in [-0.25, -0.2) is 0 Å². The van der Waals surface area contributed by atoms with Gasteiger partial charge in [0, 0.05) is 12.6 Å². The second-order valence-electron chi connectivity index (χ2n) is 3.88. The molecule has 0 aliphatic carbocycles. The van der Waals surface area contributed by atoms with E-state index in [9.17, 15) is 4.79 Å². The molecule has 0 radical (unpaired) electrons. The van der Waals surface area contributed by atoms with Gasteiger partial charge >= 0.3 is 0 Å². The Kier molecular flexibility index (Phi) is 4.31. The Bertz CT molecular complexity index is 334. The first-order valence-electron chi connectivity index (χ1n) is 5.16. The summed E-state index contributed by atoms with van der Waals surface area (Å²) >= 11 is 0. The van der Waals surface area contributed by atoms with Crippen molar-refractivity contribution >= 4 is 5.91 Å². The zero-order valence-corrected chi connectivity index (χ0v) is 9.29. The third-order valence-corrected chi connectivity index (χ3v) is 2.23. The zero-order chi connectivity index (χ0) is 11.3. The van der Waals surface area contributed by atoms with Crippen LogP contribution in [0.1, 0.15) is 18.1 Å². The van der Waals surface area contributed by atoms with E-state index < -0.39 is 0 Å². The fourth-order valence-corrected chi connectivity index (χ4v) is 1.32. The number of carbonyl (C=O) groups is 1. The van der Waals surface area contributed by atoms with Gasteiger partial charge < -0.3 is 11.1 Å². The lowest BCUT2D eigenvalue weighted by Gasteiger charge is -2.08. The van der Waals surface area contributed by atoms with Crippen molar-refractivity contribution in [1.29, 1.82) is 0 Å². The van der Waals surface area contributed by atoms with Gasteiger partial charge in [0.1, 0.15) is 0 Å². The smallest absolute Gasteiger partial charge is 0.224 e. The number of rotatable bonds is 4. The van der Waals surface area contributed by atoms with Crippen molar-refractivity contribution in [1.82, 2.24) is 5.32 Å². The van der Waals surface area contributed by atoms with Crippen molar-refractivity contribution in [2.75, 3.05) is 6.54 Å². The molecule has 82 valence electrons. The van der Waals surface area contributed by atoms with Crippen LogP contribution >= 0.6 is 0 Å². The lowest BCUT2D eigenvalue weighted by atomic mass is 10.1. The molecule has 1 atom stereocenters. The standard InChI is InChI=1S/C12H18N2O/c1-9-5-3-4-6-11(9)7-12(15)14-8-10(2)13/h3-6,10H,7-8,13H2,1-2H3,(H,14,15). The van der Waals surface area contributed by atoms with E-state index in [1.165, 1.54) is 0 Å². The summed E-state index contributed by atoms with van der Waals surface area (Å²) in [6.45, 7) is 4.41. The Morgan fingerprint density at radius 2 is 2.13 bits per heavy atom. The number of nitrogens with two attached hydrogens (primary N) is 1. The van der Waals surface area contributed by atoms with Gasteiger partial charge in [0.15, 0.2) is 0 Å². The summed E-state index contributed by atoms with van der Waals surface area (Å²) in [5.41, 5.74) is 7.77. The summed E-state index contributed by atoms with van der Waals surface area (Å²) in [6, 6.07) is 7.90. The molecule has 1 aromatic rings. The topological polar surface area (TPSA) is 55.1 Å². The van der Waals surface area contributed by atoms with E-state index in [0.717, 1.165) is 11.1 Å². The minimum atomic E-state index is 0.00539. The van der Waals surface area contributed by atoms with Crippen LogP contribution in [0.3, 0.4) is 0 Å². The molecule has 1 amide bonds. The first-order chi connectivity index (χ1) is 7.09. The van der Waals surface area contributed by atoms with E-state index in [-0.39, 0.29) is 11.9 Å². The van der Waals surface area contributed by atoms with Crippen molar-refractivity contribution in [3.8, 4) is 0 Å². The Labute approximate surface area is 90.7 Å². The monoisotopic (exact) mass is 206 g/mol. The Hall–Kier alpha value is -1.35. The van der Waals surface area contributed by atoms with E-state index in [1.54, 1.807) is 0 Å². The average Bonchev–Trinajstić information content (AvgIpc) is 2.18. The minimum absolute atomic E-state index is 0.00539. The fourth-order valence-electron chi connectivity index (χ4n) is 1.32. The Morgan fingerprint density at radius 1 is 1.47 bits per heavy atom. The fraction of sp³-hybridized carbons (Fsp3) is 0.417. The lowest BCUT2D eigenvalue weighted by molar-refractivity contribution is -0.120. The summed E-state index contributed by atoms with van der Waals surface area (Å²) in [5.74, 6) is 0.0293. The lowest BCUT2D eigenvalue weighted by Crippen LogP contribution is -2.36. The molecule has 3 nitrogen and oxygen atoms in total. The highest BCUT2D eigenvalue weighted by atomic mass is 16.1. The van der Waals surface area contributed by atoms with Crippen molar-refractivity contribution in [2.45, 2.75) is 26.3 Å². The van der Waals surface area contributed by atoms with Crippen molar-refractivity contribution in [2.24, 2.45) is 5.73 Å². The molecule has 3 N–H and O–H groups in total. The van der Waals surface area contributed by atoms with Crippen LogP contribution in [0.5, 0.6) is 0 Å². The average molecular weight is 206 g/mol. The summed E-state index contributed by atoms with van der Waals surface area (Å²) in [7, 11) is 0. The highest BCUT2D eigenvalue weighted by Gasteiger charge is 2.05. The van der Waals surface area contributed by atoms with E-state index in [1.807, 2.05) is 38.1 Å². The van der Waals surface area contributed by atoms with Crippen molar-refractivity contribution in [3.63, 3.8) is 0 Å². The van der Waals surface area contributed by atoms with Gasteiger partial charge in [-0.1, -0.05) is 24.3 Å². The maximum atomic E-state index is 11.5. The summed E-state index contributed by atoms with van der Waals surface area (Å²) in [6.07, 6.45) is 0.430. The van der Waals surface area contributed by atoms with E-state index in [2.05, 4.69) is 5.32 Å². The maximum absolute atomic E-state index is 11.5. The molecular weight excluding hydrogens is 188 g/mol. The summed E-state index contributed by atoms with van der Waals surface area (Å²) in [5, 5.41) is 2.79. The van der Waals surface area contributed by atoms with Gasteiger partial charge in [0.05, 0.1) is 6.42 Å². The van der Waals surface area contributed by atoms with Gasteiger partial charge in [-0.05, 0) is 25.0 Å². The van der Waals surface area contributed by atoms with Crippen molar-refractivity contribution in [3.05, 3.63) is 35.4 Å². The number of aryl methyl sites for hydroxylation is 1. The SMILES string of the molecule is Cc1ccccc1CC(=O)NCC(C)N. The molecule has 0 spiro atoms. The van der Waals surface area contributed by atoms with E-state index in [0.29, 0.717) is 13.0 Å². The molecule has 0 fully saturated rings. The predicted molar refractivity (Wildman–Crippen MR) is 61.5 cm³/mol. The number of nitrogens with one attached hydrogen (secondary N) is 1. The van der Waals surface area contributed by atoms with Crippen LogP contribution in [-0.2, 0) is 11.2 Å². The number of benzene rings is 1. The number of carbonyl (C=O) groups excluding carboxylic acids is 1. The van der Waals surface area contributed by atoms with Crippen LogP contribution in [0.15, 0.2) is 24.3 Å². The summed E-state index contributed by atoms with van der Waals surface area (Å²) in [4.78, 5) is 11.5. The molecule has 0 aliphatic rings. The first-order valence-corrected chi connectivity index (χ1v) is 5.16. The Balaban J connectivity index is 2.48. The third-order valence-electron chi connectivity index (χ3n) is 2.23. The zero-order valence-electron chi connectivity index (χ0n) is 9.29. The number of hydrogen-bond acceptors (Lipinski definition) is 2. The molecule has 0 saturated heterocycles. The van der Waals surface area contributed by atoms with Gasteiger partial charge in [0.2, 0.25) is 5.91 Å². The molecule has 0 aliphatic heterocycles. The van der Waals surface area contributed by atoms with Crippen LogP contribution < -0.4 is 11.1 Å². The van der Waals surface area contributed by atoms with Crippen LogP contribution in [0.4, 0.5) is 0 Å². The van der Waals surface area contributed by atoms with E-state index in [4.69, 9.17) is 5.73 Å². The molecule has 0 aromatic heterocycles. The molecular formula is C12H18N2O. The molecule has 1 rings (SSSR count). The largest absolute Gasteiger partial charge is 0.354 e. The molecule has 3 heteroatoms. The minimum Gasteiger partial charge on any atom is -0.354 e. The van der Waals surface area contributed by atoms with Gasteiger partial charge in [-0.3, -0.25) is 4.79 Å². The first kappa shape index (κ1) is 11.7. The quantitative estimate of drug-likeness (QED) is 0.772. The molecule has 0 heterocycles. The molecule has 0 bridgehead atoms. The molecule has 1 aromatic carbocycles. The molecule has 0 saturated carbocycles. The number of hydrogen-bond donors (Lipinski definition) is 2. The normalized spacial score (nSPS) is 12.2. The summed E-state index contributed by atoms with van der Waals surface area (Å²) < 4.78 is 0. The van der Waals surface area contributed by atoms with Crippen LogP contribution in [0.25, 0.3) is 0 Å². The molecule has 15 heavy (non-hydrogen) atoms. The highest BCUT2D eigenvalue weighted by molar-refractivity contribution is 5.78. The second kappa shape index (κ2) is 5.51.